The molecule has 2 heterocycles. The van der Waals surface area contributed by atoms with Gasteiger partial charge in [-0.3, -0.25) is 4.79 Å². The first kappa shape index (κ1) is 17.7. The number of amides is 1. The van der Waals surface area contributed by atoms with E-state index in [1.165, 1.54) is 0 Å². The Bertz CT molecular complexity index is 500. The number of hydrogen-bond donors (Lipinski definition) is 0. The van der Waals surface area contributed by atoms with Crippen LogP contribution in [0.2, 0.25) is 0 Å². The van der Waals surface area contributed by atoms with Crippen LogP contribution in [0.5, 0.6) is 0 Å². The quantitative estimate of drug-likeness (QED) is 0.790. The van der Waals surface area contributed by atoms with E-state index in [9.17, 15) is 13.2 Å². The molecule has 0 bridgehead atoms. The van der Waals surface area contributed by atoms with Crippen molar-refractivity contribution < 1.29 is 17.9 Å². The zero-order valence-corrected chi connectivity index (χ0v) is 14.8. The number of nitrogens with zero attached hydrogens (tertiary/aromatic N) is 1. The highest BCUT2D eigenvalue weighted by Gasteiger charge is 2.35. The topological polar surface area (TPSA) is 63.7 Å². The minimum atomic E-state index is -2.94. The Hall–Kier alpha value is -0.620. The molecular formula is C16H29NO4S. The van der Waals surface area contributed by atoms with Gasteiger partial charge < -0.3 is 9.64 Å². The minimum absolute atomic E-state index is 0.00634. The summed E-state index contributed by atoms with van der Waals surface area (Å²) in [7, 11) is -2.94. The predicted molar refractivity (Wildman–Crippen MR) is 86.4 cm³/mol. The molecule has 0 aromatic heterocycles. The summed E-state index contributed by atoms with van der Waals surface area (Å²) in [6.45, 7) is 7.48. The Labute approximate surface area is 134 Å². The minimum Gasteiger partial charge on any atom is -0.375 e. The van der Waals surface area contributed by atoms with Crippen molar-refractivity contribution in [2.45, 2.75) is 64.5 Å². The third-order valence-electron chi connectivity index (χ3n) is 4.79. The summed E-state index contributed by atoms with van der Waals surface area (Å²) in [5.41, 5.74) is -0.190. The normalized spacial score (nSPS) is 30.7. The summed E-state index contributed by atoms with van der Waals surface area (Å²) in [6.07, 6.45) is 3.62. The van der Waals surface area contributed by atoms with Crippen LogP contribution >= 0.6 is 0 Å². The largest absolute Gasteiger partial charge is 0.375 e. The molecule has 2 atom stereocenters. The zero-order valence-electron chi connectivity index (χ0n) is 14.0. The van der Waals surface area contributed by atoms with Crippen LogP contribution in [0.4, 0.5) is 0 Å². The van der Waals surface area contributed by atoms with E-state index in [1.807, 2.05) is 11.8 Å². The lowest BCUT2D eigenvalue weighted by Crippen LogP contribution is -2.49. The molecular weight excluding hydrogens is 302 g/mol. The average molecular weight is 331 g/mol. The molecule has 5 nitrogen and oxygen atoms in total. The zero-order chi connectivity index (χ0) is 16.4. The number of ether oxygens (including phenoxy) is 1. The van der Waals surface area contributed by atoms with Gasteiger partial charge in [-0.1, -0.05) is 0 Å². The molecule has 2 fully saturated rings. The highest BCUT2D eigenvalue weighted by molar-refractivity contribution is 7.91. The molecule has 0 radical (unpaired) electrons. The van der Waals surface area contributed by atoms with Crippen molar-refractivity contribution in [1.29, 1.82) is 0 Å². The Morgan fingerprint density at radius 1 is 1.32 bits per heavy atom. The number of hydrogen-bond acceptors (Lipinski definition) is 4. The molecule has 2 aliphatic rings. The van der Waals surface area contributed by atoms with E-state index in [2.05, 4.69) is 13.8 Å². The highest BCUT2D eigenvalue weighted by atomic mass is 32.2. The molecule has 2 saturated heterocycles. The molecule has 0 aromatic rings. The summed E-state index contributed by atoms with van der Waals surface area (Å²) in [5, 5.41) is 0. The van der Waals surface area contributed by atoms with E-state index in [0.29, 0.717) is 26.0 Å². The molecule has 2 unspecified atom stereocenters. The lowest BCUT2D eigenvalue weighted by atomic mass is 9.92. The van der Waals surface area contributed by atoms with Gasteiger partial charge in [0.05, 0.1) is 17.1 Å². The van der Waals surface area contributed by atoms with Gasteiger partial charge in [-0.15, -0.1) is 0 Å². The van der Waals surface area contributed by atoms with Gasteiger partial charge in [-0.2, -0.15) is 0 Å². The maximum Gasteiger partial charge on any atom is 0.223 e. The van der Waals surface area contributed by atoms with Crippen molar-refractivity contribution in [1.82, 2.24) is 4.90 Å². The third-order valence-corrected chi connectivity index (χ3v) is 6.68. The monoisotopic (exact) mass is 331 g/mol. The third kappa shape index (κ3) is 4.69. The molecule has 1 amide bonds. The van der Waals surface area contributed by atoms with Crippen LogP contribution in [0.15, 0.2) is 0 Å². The first-order valence-electron chi connectivity index (χ1n) is 8.36. The van der Waals surface area contributed by atoms with Crippen LogP contribution in [0, 0.1) is 5.92 Å². The van der Waals surface area contributed by atoms with Gasteiger partial charge in [0.1, 0.15) is 0 Å². The van der Waals surface area contributed by atoms with Gasteiger partial charge >= 0.3 is 0 Å². The molecule has 0 saturated carbocycles. The van der Waals surface area contributed by atoms with Crippen LogP contribution in [0.1, 0.15) is 52.9 Å². The van der Waals surface area contributed by atoms with E-state index >= 15 is 0 Å². The van der Waals surface area contributed by atoms with Crippen LogP contribution in [-0.4, -0.2) is 55.5 Å². The van der Waals surface area contributed by atoms with Gasteiger partial charge in [-0.25, -0.2) is 8.42 Å². The van der Waals surface area contributed by atoms with Crippen molar-refractivity contribution in [3.8, 4) is 0 Å². The summed E-state index contributed by atoms with van der Waals surface area (Å²) in [4.78, 5) is 14.6. The maximum absolute atomic E-state index is 12.7. The molecule has 0 spiro atoms. The first-order chi connectivity index (χ1) is 10.2. The van der Waals surface area contributed by atoms with Crippen molar-refractivity contribution in [2.24, 2.45) is 5.92 Å². The smallest absolute Gasteiger partial charge is 0.223 e. The fourth-order valence-corrected chi connectivity index (χ4v) is 5.52. The van der Waals surface area contributed by atoms with Crippen LogP contribution < -0.4 is 0 Å². The second-order valence-electron chi connectivity index (χ2n) is 7.26. The Morgan fingerprint density at radius 3 is 2.64 bits per heavy atom. The number of carbonyl (C=O) groups excluding carboxylic acids is 1. The standard InChI is InChI=1S/C16H29NO4S/c1-4-17(14-7-8-21-16(2,3)11-14)15(18)10-13-6-5-9-22(19,20)12-13/h13-14H,4-12H2,1-3H3. The molecule has 6 heteroatoms. The van der Waals surface area contributed by atoms with E-state index in [4.69, 9.17) is 4.74 Å². The molecule has 2 rings (SSSR count). The number of rotatable bonds is 4. The van der Waals surface area contributed by atoms with Crippen molar-refractivity contribution in [2.75, 3.05) is 24.7 Å². The lowest BCUT2D eigenvalue weighted by Gasteiger charge is -2.41. The van der Waals surface area contributed by atoms with Gasteiger partial charge in [0.2, 0.25) is 5.91 Å². The molecule has 0 aromatic carbocycles. The fourth-order valence-electron chi connectivity index (χ4n) is 3.75. The Morgan fingerprint density at radius 2 is 2.05 bits per heavy atom. The van der Waals surface area contributed by atoms with Crippen LogP contribution in [0.3, 0.4) is 0 Å². The molecule has 128 valence electrons. The first-order valence-corrected chi connectivity index (χ1v) is 10.2. The summed E-state index contributed by atoms with van der Waals surface area (Å²) >= 11 is 0. The fraction of sp³-hybridized carbons (Fsp3) is 0.938. The molecule has 0 N–H and O–H groups in total. The van der Waals surface area contributed by atoms with Crippen molar-refractivity contribution >= 4 is 15.7 Å². The van der Waals surface area contributed by atoms with Crippen molar-refractivity contribution in [3.63, 3.8) is 0 Å². The van der Waals surface area contributed by atoms with Crippen LogP contribution in [-0.2, 0) is 19.4 Å². The summed E-state index contributed by atoms with van der Waals surface area (Å²) in [5.74, 6) is 0.555. The molecule has 2 aliphatic heterocycles. The predicted octanol–water partition coefficient (Wildman–Crippen LogP) is 2.01. The van der Waals surface area contributed by atoms with E-state index < -0.39 is 9.84 Å². The lowest BCUT2D eigenvalue weighted by molar-refractivity contribution is -0.140. The van der Waals surface area contributed by atoms with E-state index in [1.54, 1.807) is 0 Å². The van der Waals surface area contributed by atoms with Crippen LogP contribution in [0.25, 0.3) is 0 Å². The SMILES string of the molecule is CCN(C(=O)CC1CCCS(=O)(=O)C1)C1CCOC(C)(C)C1. The van der Waals surface area contributed by atoms with Gasteiger partial charge in [0.25, 0.3) is 0 Å². The molecule has 0 aliphatic carbocycles. The molecule has 22 heavy (non-hydrogen) atoms. The highest BCUT2D eigenvalue weighted by Crippen LogP contribution is 2.29. The average Bonchev–Trinajstić information content (AvgIpc) is 2.37. The van der Waals surface area contributed by atoms with Gasteiger partial charge in [0, 0.05) is 25.6 Å². The second-order valence-corrected chi connectivity index (χ2v) is 9.49. The van der Waals surface area contributed by atoms with E-state index in [-0.39, 0.29) is 35.0 Å². The number of sulfone groups is 1. The van der Waals surface area contributed by atoms with Crippen molar-refractivity contribution in [3.05, 3.63) is 0 Å². The maximum atomic E-state index is 12.7. The summed E-state index contributed by atoms with van der Waals surface area (Å²) in [6, 6.07) is 0.210. The summed E-state index contributed by atoms with van der Waals surface area (Å²) < 4.78 is 29.2. The van der Waals surface area contributed by atoms with Gasteiger partial charge in [-0.05, 0) is 52.4 Å². The number of carbonyl (C=O) groups is 1. The van der Waals surface area contributed by atoms with Gasteiger partial charge in [0.15, 0.2) is 9.84 Å². The van der Waals surface area contributed by atoms with E-state index in [0.717, 1.165) is 19.3 Å². The Balaban J connectivity index is 1.97. The Kier molecular flexibility index (Phi) is 5.54. The second kappa shape index (κ2) is 6.87.